The highest BCUT2D eigenvalue weighted by Crippen LogP contribution is 2.63. The van der Waals surface area contributed by atoms with Crippen molar-refractivity contribution in [3.63, 3.8) is 0 Å². The van der Waals surface area contributed by atoms with Gasteiger partial charge >= 0.3 is 0 Å². The Bertz CT molecular complexity index is 1150. The van der Waals surface area contributed by atoms with Crippen LogP contribution in [0.4, 0.5) is 0 Å². The van der Waals surface area contributed by atoms with Gasteiger partial charge in [-0.05, 0) is 75.8 Å². The minimum Gasteiger partial charge on any atom is -0.0808 e. The quantitative estimate of drug-likeness (QED) is 0.398. The number of rotatable bonds is 4. The highest BCUT2D eigenvalue weighted by Gasteiger charge is 2.55. The number of hydrogen-bond acceptors (Lipinski definition) is 0. The van der Waals surface area contributed by atoms with Gasteiger partial charge in [0, 0.05) is 0 Å². The average molecular weight is 463 g/mol. The monoisotopic (exact) mass is 462 g/mol. The molecule has 34 heavy (non-hydrogen) atoms. The highest BCUT2D eigenvalue weighted by molar-refractivity contribution is 6.80. The molecule has 0 spiro atoms. The summed E-state index contributed by atoms with van der Waals surface area (Å²) >= 11 is 0. The Balaban J connectivity index is 1.28. The molecule has 2 fully saturated rings. The second kappa shape index (κ2) is 8.68. The van der Waals surface area contributed by atoms with Crippen LogP contribution in [0.5, 0.6) is 0 Å². The van der Waals surface area contributed by atoms with Gasteiger partial charge in [0.1, 0.15) is 0 Å². The van der Waals surface area contributed by atoms with Crippen LogP contribution in [-0.4, -0.2) is 8.07 Å². The predicted octanol–water partition coefficient (Wildman–Crippen LogP) is 9.04. The van der Waals surface area contributed by atoms with Crippen molar-refractivity contribution in [2.75, 3.05) is 0 Å². The average Bonchev–Trinajstić information content (AvgIpc) is 3.46. The summed E-state index contributed by atoms with van der Waals surface area (Å²) in [7, 11) is -1.53. The molecular weight excluding hydrogens is 424 g/mol. The van der Waals surface area contributed by atoms with Crippen LogP contribution in [0.1, 0.15) is 37.3 Å². The molecule has 1 heteroatoms. The first-order chi connectivity index (χ1) is 16.6. The van der Waals surface area contributed by atoms with E-state index in [4.69, 9.17) is 0 Å². The van der Waals surface area contributed by atoms with Crippen molar-refractivity contribution in [3.05, 3.63) is 108 Å². The van der Waals surface area contributed by atoms with Gasteiger partial charge in [-0.1, -0.05) is 124 Å². The minimum absolute atomic E-state index is 0.693. The molecule has 0 saturated heterocycles. The van der Waals surface area contributed by atoms with E-state index in [0.717, 1.165) is 22.9 Å². The molecule has 2 saturated carbocycles. The summed E-state index contributed by atoms with van der Waals surface area (Å²) in [6.07, 6.45) is 18.9. The van der Waals surface area contributed by atoms with Gasteiger partial charge in [-0.15, -0.1) is 0 Å². The van der Waals surface area contributed by atoms with E-state index in [1.807, 2.05) is 0 Å². The summed E-state index contributed by atoms with van der Waals surface area (Å²) < 4.78 is 0. The second-order valence-corrected chi connectivity index (χ2v) is 16.9. The lowest BCUT2D eigenvalue weighted by Crippen LogP contribution is -2.44. The summed E-state index contributed by atoms with van der Waals surface area (Å²) in [5, 5.41) is 0. The molecule has 174 valence electrons. The molecule has 6 rings (SSSR count). The summed E-state index contributed by atoms with van der Waals surface area (Å²) in [6.45, 7) is 8.09. The van der Waals surface area contributed by atoms with Gasteiger partial charge in [0.2, 0.25) is 0 Å². The molecule has 4 aliphatic rings. The highest BCUT2D eigenvalue weighted by atomic mass is 28.3. The molecule has 0 bridgehead atoms. The smallest absolute Gasteiger partial charge is 0.0550 e. The number of benzene rings is 2. The maximum absolute atomic E-state index is 2.76. The van der Waals surface area contributed by atoms with Crippen LogP contribution in [0.25, 0.3) is 11.1 Å². The van der Waals surface area contributed by atoms with Gasteiger partial charge in [0.05, 0.1) is 8.07 Å². The SMILES string of the molecule is CC1CC2C(c3ccccc3)=CC=CC2C1[Si](C)(C)C1CCC2C(c3ccccc3)=CC=CC21. The third-order valence-corrected chi connectivity index (χ3v) is 15.1. The Morgan fingerprint density at radius 2 is 1.24 bits per heavy atom. The molecule has 7 unspecified atom stereocenters. The lowest BCUT2D eigenvalue weighted by Gasteiger charge is -2.44. The Kier molecular flexibility index (Phi) is 5.64. The molecule has 0 heterocycles. The van der Waals surface area contributed by atoms with Gasteiger partial charge < -0.3 is 0 Å². The van der Waals surface area contributed by atoms with Crippen molar-refractivity contribution < 1.29 is 0 Å². The van der Waals surface area contributed by atoms with E-state index in [1.54, 1.807) is 11.1 Å². The third kappa shape index (κ3) is 3.55. The van der Waals surface area contributed by atoms with Crippen molar-refractivity contribution in [1.29, 1.82) is 0 Å². The Labute approximate surface area is 207 Å². The Morgan fingerprint density at radius 3 is 1.85 bits per heavy atom. The van der Waals surface area contributed by atoms with E-state index in [1.165, 1.54) is 30.4 Å². The fourth-order valence-corrected chi connectivity index (χ4v) is 14.3. The van der Waals surface area contributed by atoms with Crippen molar-refractivity contribution >= 4 is 19.2 Å². The van der Waals surface area contributed by atoms with E-state index in [9.17, 15) is 0 Å². The van der Waals surface area contributed by atoms with Crippen LogP contribution in [0.15, 0.2) is 97.1 Å². The second-order valence-electron chi connectivity index (χ2n) is 11.9. The zero-order valence-electron chi connectivity index (χ0n) is 20.9. The first kappa shape index (κ1) is 22.1. The topological polar surface area (TPSA) is 0 Å². The van der Waals surface area contributed by atoms with Gasteiger partial charge in [0.25, 0.3) is 0 Å². The molecule has 0 nitrogen and oxygen atoms in total. The number of allylic oxidation sites excluding steroid dienone is 8. The number of hydrogen-bond donors (Lipinski definition) is 0. The molecular formula is C33H38Si. The van der Waals surface area contributed by atoms with Crippen LogP contribution in [-0.2, 0) is 0 Å². The van der Waals surface area contributed by atoms with E-state index in [2.05, 4.69) is 117 Å². The Hall–Kier alpha value is -2.38. The number of fused-ring (bicyclic) bond motifs is 2. The standard InChI is InChI=1S/C33H38Si/c1-23-22-31-27(25-14-8-5-9-15-25)17-11-19-30(31)33(23)34(2,3)32-21-20-28-26(16-10-18-29(28)32)24-12-6-4-7-13-24/h4-19,23,28-33H,20-22H2,1-3H3. The third-order valence-electron chi connectivity index (χ3n) is 9.88. The molecule has 0 N–H and O–H groups in total. The maximum Gasteiger partial charge on any atom is 0.0550 e. The first-order valence-corrected chi connectivity index (χ1v) is 16.6. The lowest BCUT2D eigenvalue weighted by atomic mass is 9.81. The Morgan fingerprint density at radius 1 is 0.676 bits per heavy atom. The molecule has 2 aromatic rings. The first-order valence-electron chi connectivity index (χ1n) is 13.4. The van der Waals surface area contributed by atoms with Crippen molar-refractivity contribution in [2.45, 2.75) is 50.4 Å². The molecule has 0 aliphatic heterocycles. The lowest BCUT2D eigenvalue weighted by molar-refractivity contribution is 0.513. The van der Waals surface area contributed by atoms with Gasteiger partial charge in [-0.2, -0.15) is 0 Å². The largest absolute Gasteiger partial charge is 0.0808 e. The molecule has 4 aliphatic carbocycles. The van der Waals surface area contributed by atoms with Crippen molar-refractivity contribution in [1.82, 2.24) is 0 Å². The van der Waals surface area contributed by atoms with Crippen LogP contribution in [0.3, 0.4) is 0 Å². The molecule has 2 aromatic carbocycles. The normalized spacial score (nSPS) is 34.4. The van der Waals surface area contributed by atoms with Crippen LogP contribution >= 0.6 is 0 Å². The van der Waals surface area contributed by atoms with Gasteiger partial charge in [0.15, 0.2) is 0 Å². The molecule has 7 atom stereocenters. The maximum atomic E-state index is 2.76. The molecule has 0 radical (unpaired) electrons. The minimum atomic E-state index is -1.53. The van der Waals surface area contributed by atoms with Gasteiger partial charge in [-0.25, -0.2) is 0 Å². The fourth-order valence-electron chi connectivity index (χ4n) is 8.63. The fraction of sp³-hybridized carbons (Fsp3) is 0.394. The van der Waals surface area contributed by atoms with E-state index in [-0.39, 0.29) is 0 Å². The summed E-state index contributed by atoms with van der Waals surface area (Å²) in [5.74, 6) is 3.65. The van der Waals surface area contributed by atoms with Crippen molar-refractivity contribution in [3.8, 4) is 0 Å². The summed E-state index contributed by atoms with van der Waals surface area (Å²) in [4.78, 5) is 0. The van der Waals surface area contributed by atoms with Crippen LogP contribution < -0.4 is 0 Å². The van der Waals surface area contributed by atoms with E-state index in [0.29, 0.717) is 17.8 Å². The predicted molar refractivity (Wildman–Crippen MR) is 149 cm³/mol. The summed E-state index contributed by atoms with van der Waals surface area (Å²) in [6, 6.07) is 22.3. The van der Waals surface area contributed by atoms with E-state index < -0.39 is 8.07 Å². The zero-order chi connectivity index (χ0) is 23.3. The van der Waals surface area contributed by atoms with Gasteiger partial charge in [-0.3, -0.25) is 0 Å². The molecule has 0 amide bonds. The van der Waals surface area contributed by atoms with Crippen molar-refractivity contribution in [2.24, 2.45) is 29.6 Å². The zero-order valence-corrected chi connectivity index (χ0v) is 21.9. The molecule has 0 aromatic heterocycles. The van der Waals surface area contributed by atoms with Crippen LogP contribution in [0.2, 0.25) is 24.2 Å². The van der Waals surface area contributed by atoms with Crippen LogP contribution in [0, 0.1) is 29.6 Å². The van der Waals surface area contributed by atoms with E-state index >= 15 is 0 Å². The summed E-state index contributed by atoms with van der Waals surface area (Å²) in [5.41, 5.74) is 7.79.